The maximum atomic E-state index is 11.5. The highest BCUT2D eigenvalue weighted by Crippen LogP contribution is 2.64. The van der Waals surface area contributed by atoms with E-state index in [4.69, 9.17) is 9.47 Å². The third kappa shape index (κ3) is 0.913. The first-order chi connectivity index (χ1) is 7.67. The number of carbonyl (C=O) groups is 2. The van der Waals surface area contributed by atoms with Crippen molar-refractivity contribution >= 4 is 11.9 Å². The van der Waals surface area contributed by atoms with E-state index < -0.39 is 17.7 Å². The molecule has 5 fully saturated rings. The van der Waals surface area contributed by atoms with Crippen molar-refractivity contribution in [1.82, 2.24) is 0 Å². The summed E-state index contributed by atoms with van der Waals surface area (Å²) in [7, 11) is 0. The van der Waals surface area contributed by atoms with Crippen molar-refractivity contribution in [2.75, 3.05) is 0 Å². The predicted molar refractivity (Wildman–Crippen MR) is 52.0 cm³/mol. The standard InChI is InChI=1S/C12H14O4/c13-10-5-11(14)16-12(15-10)8-2-6-1-7(4-8)9(12)3-6/h6-9H,1-5H2. The lowest BCUT2D eigenvalue weighted by atomic mass is 9.78. The number of ether oxygens (including phenoxy) is 2. The summed E-state index contributed by atoms with van der Waals surface area (Å²) in [6.45, 7) is 0. The maximum Gasteiger partial charge on any atom is 0.320 e. The van der Waals surface area contributed by atoms with Gasteiger partial charge in [-0.15, -0.1) is 0 Å². The van der Waals surface area contributed by atoms with Gasteiger partial charge >= 0.3 is 11.9 Å². The summed E-state index contributed by atoms with van der Waals surface area (Å²) in [4.78, 5) is 22.9. The van der Waals surface area contributed by atoms with Crippen LogP contribution in [0.15, 0.2) is 0 Å². The molecule has 1 spiro atoms. The molecule has 16 heavy (non-hydrogen) atoms. The highest BCUT2D eigenvalue weighted by Gasteiger charge is 2.68. The van der Waals surface area contributed by atoms with Gasteiger partial charge in [-0.2, -0.15) is 0 Å². The van der Waals surface area contributed by atoms with Crippen LogP contribution >= 0.6 is 0 Å². The van der Waals surface area contributed by atoms with E-state index in [1.165, 1.54) is 6.42 Å². The first-order valence-electron chi connectivity index (χ1n) is 6.11. The molecule has 0 aromatic carbocycles. The lowest BCUT2D eigenvalue weighted by Gasteiger charge is -2.44. The molecule has 4 atom stereocenters. The summed E-state index contributed by atoms with van der Waals surface area (Å²) in [5, 5.41) is 0. The van der Waals surface area contributed by atoms with Crippen LogP contribution in [-0.4, -0.2) is 17.7 Å². The van der Waals surface area contributed by atoms with Crippen molar-refractivity contribution in [3.63, 3.8) is 0 Å². The van der Waals surface area contributed by atoms with Crippen molar-refractivity contribution in [2.24, 2.45) is 23.7 Å². The molecule has 1 aliphatic heterocycles. The largest absolute Gasteiger partial charge is 0.421 e. The highest BCUT2D eigenvalue weighted by molar-refractivity contribution is 5.93. The van der Waals surface area contributed by atoms with Crippen molar-refractivity contribution in [1.29, 1.82) is 0 Å². The van der Waals surface area contributed by atoms with Crippen molar-refractivity contribution in [3.05, 3.63) is 0 Å². The second-order valence-electron chi connectivity index (χ2n) is 5.72. The fraction of sp³-hybridized carbons (Fsp3) is 0.833. The zero-order chi connectivity index (χ0) is 10.9. The molecule has 4 heteroatoms. The second-order valence-corrected chi connectivity index (χ2v) is 5.72. The SMILES string of the molecule is O=C1CC(=O)OC2(O1)C1CC3CC(C1)C2C3. The molecule has 0 N–H and O–H groups in total. The normalized spacial score (nSPS) is 47.2. The molecule has 4 saturated carbocycles. The Bertz CT molecular complexity index is 368. The third-order valence-electron chi connectivity index (χ3n) is 4.92. The number of hydrogen-bond acceptors (Lipinski definition) is 4. The van der Waals surface area contributed by atoms with Gasteiger partial charge in [-0.1, -0.05) is 0 Å². The molecule has 0 radical (unpaired) electrons. The van der Waals surface area contributed by atoms with E-state index in [2.05, 4.69) is 0 Å². The summed E-state index contributed by atoms with van der Waals surface area (Å²) in [6.07, 6.45) is 4.23. The first-order valence-corrected chi connectivity index (χ1v) is 6.11. The first kappa shape index (κ1) is 9.02. The minimum absolute atomic E-state index is 0.213. The number of rotatable bonds is 0. The van der Waals surface area contributed by atoms with Gasteiger partial charge in [0.25, 0.3) is 5.79 Å². The Morgan fingerprint density at radius 2 is 1.75 bits per heavy atom. The van der Waals surface area contributed by atoms with E-state index in [1.807, 2.05) is 0 Å². The van der Waals surface area contributed by atoms with Gasteiger partial charge in [0.1, 0.15) is 6.42 Å². The van der Waals surface area contributed by atoms with Gasteiger partial charge in [0.2, 0.25) is 0 Å². The minimum atomic E-state index is -0.857. The Morgan fingerprint density at radius 3 is 2.44 bits per heavy atom. The zero-order valence-corrected chi connectivity index (χ0v) is 8.98. The number of hydrogen-bond donors (Lipinski definition) is 0. The van der Waals surface area contributed by atoms with Crippen LogP contribution in [0.5, 0.6) is 0 Å². The van der Waals surface area contributed by atoms with E-state index in [0.717, 1.165) is 25.2 Å². The molecular formula is C12H14O4. The summed E-state index contributed by atoms with van der Waals surface area (Å²) in [5.74, 6) is 0.290. The zero-order valence-electron chi connectivity index (χ0n) is 8.98. The maximum absolute atomic E-state index is 11.5. The summed E-state index contributed by atoms with van der Waals surface area (Å²) < 4.78 is 11.0. The Balaban J connectivity index is 1.76. The molecular weight excluding hydrogens is 208 g/mol. The third-order valence-corrected chi connectivity index (χ3v) is 4.92. The van der Waals surface area contributed by atoms with Gasteiger partial charge in [0, 0.05) is 11.8 Å². The minimum Gasteiger partial charge on any atom is -0.421 e. The second kappa shape index (κ2) is 2.60. The molecule has 86 valence electrons. The van der Waals surface area contributed by atoms with Crippen LogP contribution in [0.25, 0.3) is 0 Å². The monoisotopic (exact) mass is 222 g/mol. The van der Waals surface area contributed by atoms with E-state index in [-0.39, 0.29) is 18.3 Å². The Morgan fingerprint density at radius 1 is 1.00 bits per heavy atom. The van der Waals surface area contributed by atoms with Gasteiger partial charge in [0.05, 0.1) is 0 Å². The summed E-state index contributed by atoms with van der Waals surface area (Å²) in [5.41, 5.74) is 0. The Hall–Kier alpha value is -1.06. The van der Waals surface area contributed by atoms with Crippen LogP contribution in [0.3, 0.4) is 0 Å². The van der Waals surface area contributed by atoms with E-state index in [9.17, 15) is 9.59 Å². The lowest BCUT2D eigenvalue weighted by molar-refractivity contribution is -0.278. The molecule has 0 aromatic rings. The summed E-state index contributed by atoms with van der Waals surface area (Å²) >= 11 is 0. The van der Waals surface area contributed by atoms with E-state index in [1.54, 1.807) is 0 Å². The quantitative estimate of drug-likeness (QED) is 0.457. The molecule has 4 bridgehead atoms. The Kier molecular flexibility index (Phi) is 1.47. The Labute approximate surface area is 93.3 Å². The topological polar surface area (TPSA) is 52.6 Å². The molecule has 5 rings (SSSR count). The fourth-order valence-corrected chi connectivity index (χ4v) is 4.57. The fourth-order valence-electron chi connectivity index (χ4n) is 4.57. The van der Waals surface area contributed by atoms with Crippen LogP contribution in [-0.2, 0) is 19.1 Å². The number of esters is 2. The lowest BCUT2D eigenvalue weighted by Crippen LogP contribution is -2.54. The van der Waals surface area contributed by atoms with E-state index >= 15 is 0 Å². The van der Waals surface area contributed by atoms with Crippen LogP contribution in [0, 0.1) is 23.7 Å². The van der Waals surface area contributed by atoms with Crippen LogP contribution in [0.1, 0.15) is 32.1 Å². The van der Waals surface area contributed by atoms with Gasteiger partial charge in [-0.25, -0.2) is 0 Å². The highest BCUT2D eigenvalue weighted by atomic mass is 16.7. The molecule has 0 amide bonds. The van der Waals surface area contributed by atoms with Crippen molar-refractivity contribution < 1.29 is 19.1 Å². The number of carbonyl (C=O) groups excluding carboxylic acids is 2. The molecule has 4 unspecified atom stereocenters. The molecule has 4 nitrogen and oxygen atoms in total. The molecule has 1 saturated heterocycles. The van der Waals surface area contributed by atoms with Crippen LogP contribution < -0.4 is 0 Å². The molecule has 1 heterocycles. The molecule has 0 aromatic heterocycles. The van der Waals surface area contributed by atoms with Crippen LogP contribution in [0.4, 0.5) is 0 Å². The molecule has 4 aliphatic carbocycles. The van der Waals surface area contributed by atoms with Crippen LogP contribution in [0.2, 0.25) is 0 Å². The van der Waals surface area contributed by atoms with E-state index in [0.29, 0.717) is 5.92 Å². The van der Waals surface area contributed by atoms with Gasteiger partial charge in [-0.05, 0) is 37.5 Å². The van der Waals surface area contributed by atoms with Gasteiger partial charge < -0.3 is 9.47 Å². The predicted octanol–water partition coefficient (Wildman–Crippen LogP) is 1.24. The summed E-state index contributed by atoms with van der Waals surface area (Å²) in [6, 6.07) is 0. The average Bonchev–Trinajstić information content (AvgIpc) is 2.59. The van der Waals surface area contributed by atoms with Gasteiger partial charge in [-0.3, -0.25) is 9.59 Å². The van der Waals surface area contributed by atoms with Crippen molar-refractivity contribution in [2.45, 2.75) is 37.9 Å². The smallest absolute Gasteiger partial charge is 0.320 e. The van der Waals surface area contributed by atoms with Gasteiger partial charge in [0.15, 0.2) is 0 Å². The average molecular weight is 222 g/mol. The molecule has 5 aliphatic rings. The van der Waals surface area contributed by atoms with Crippen molar-refractivity contribution in [3.8, 4) is 0 Å².